The largest absolute Gasteiger partial charge is 0.481 e. The predicted molar refractivity (Wildman–Crippen MR) is 101 cm³/mol. The first-order valence-corrected chi connectivity index (χ1v) is 10.0. The van der Waals surface area contributed by atoms with E-state index in [0.717, 1.165) is 19.6 Å². The number of carbonyl (C=O) groups excluding carboxylic acids is 1. The van der Waals surface area contributed by atoms with Crippen LogP contribution in [0.1, 0.15) is 50.0 Å². The third-order valence-electron chi connectivity index (χ3n) is 5.86. The molecule has 0 bridgehead atoms. The van der Waals surface area contributed by atoms with Crippen LogP contribution in [0.25, 0.3) is 0 Å². The Hall–Kier alpha value is -1.95. The quantitative estimate of drug-likeness (QED) is 0.858. The summed E-state index contributed by atoms with van der Waals surface area (Å²) in [7, 11) is 0. The van der Waals surface area contributed by atoms with Crippen LogP contribution >= 0.6 is 0 Å². The van der Waals surface area contributed by atoms with Crippen LogP contribution in [0.15, 0.2) is 24.3 Å². The van der Waals surface area contributed by atoms with Crippen molar-refractivity contribution in [3.63, 3.8) is 0 Å². The monoisotopic (exact) mass is 376 g/mol. The molecule has 2 aliphatic heterocycles. The molecule has 1 N–H and O–H groups in total. The summed E-state index contributed by atoms with van der Waals surface area (Å²) in [6.07, 6.45) is 6.60. The number of benzene rings is 1. The molecule has 5 nitrogen and oxygen atoms in total. The van der Waals surface area contributed by atoms with Crippen molar-refractivity contribution >= 4 is 11.9 Å². The van der Waals surface area contributed by atoms with E-state index >= 15 is 0 Å². The summed E-state index contributed by atoms with van der Waals surface area (Å²) < 4.78 is 13.6. The molecule has 0 saturated carbocycles. The van der Waals surface area contributed by atoms with Gasteiger partial charge in [-0.05, 0) is 43.6 Å². The first-order valence-electron chi connectivity index (χ1n) is 10.0. The Kier molecular flexibility index (Phi) is 6.83. The highest BCUT2D eigenvalue weighted by Crippen LogP contribution is 2.33. The predicted octanol–water partition coefficient (Wildman–Crippen LogP) is 3.11. The van der Waals surface area contributed by atoms with Crippen molar-refractivity contribution in [1.82, 2.24) is 9.80 Å². The highest BCUT2D eigenvalue weighted by atomic mass is 19.1. The Labute approximate surface area is 160 Å². The molecule has 0 aromatic heterocycles. The van der Waals surface area contributed by atoms with Gasteiger partial charge in [0, 0.05) is 32.0 Å². The number of halogens is 1. The number of carbonyl (C=O) groups is 2. The number of aliphatic carboxylic acids is 1. The molecular weight excluding hydrogens is 347 g/mol. The number of rotatable bonds is 5. The van der Waals surface area contributed by atoms with Gasteiger partial charge in [-0.15, -0.1) is 0 Å². The number of hydrogen-bond donors (Lipinski definition) is 1. The van der Waals surface area contributed by atoms with Gasteiger partial charge in [0.05, 0.1) is 5.92 Å². The molecule has 3 rings (SSSR count). The molecule has 1 aromatic carbocycles. The molecule has 0 radical (unpaired) electrons. The molecular formula is C21H29FN2O3. The van der Waals surface area contributed by atoms with Gasteiger partial charge in [-0.25, -0.2) is 4.39 Å². The van der Waals surface area contributed by atoms with Gasteiger partial charge in [-0.2, -0.15) is 0 Å². The lowest BCUT2D eigenvalue weighted by atomic mass is 9.89. The molecule has 2 heterocycles. The second kappa shape index (κ2) is 9.31. The Morgan fingerprint density at radius 2 is 1.78 bits per heavy atom. The minimum absolute atomic E-state index is 0.00205. The van der Waals surface area contributed by atoms with Crippen LogP contribution in [0.3, 0.4) is 0 Å². The van der Waals surface area contributed by atoms with Crippen molar-refractivity contribution in [2.24, 2.45) is 5.92 Å². The highest BCUT2D eigenvalue weighted by molar-refractivity contribution is 5.79. The molecule has 0 aliphatic carbocycles. The van der Waals surface area contributed by atoms with Crippen LogP contribution < -0.4 is 0 Å². The Bertz CT molecular complexity index is 659. The molecule has 2 saturated heterocycles. The van der Waals surface area contributed by atoms with Crippen LogP contribution in [-0.4, -0.2) is 59.5 Å². The second-order valence-electron chi connectivity index (χ2n) is 7.76. The third kappa shape index (κ3) is 5.28. The number of carboxylic acids is 1. The zero-order chi connectivity index (χ0) is 19.2. The lowest BCUT2D eigenvalue weighted by Crippen LogP contribution is -2.35. The fourth-order valence-corrected chi connectivity index (χ4v) is 4.28. The second-order valence-corrected chi connectivity index (χ2v) is 7.76. The van der Waals surface area contributed by atoms with Crippen LogP contribution in [0.4, 0.5) is 4.39 Å². The Morgan fingerprint density at radius 1 is 1.07 bits per heavy atom. The third-order valence-corrected chi connectivity index (χ3v) is 5.86. The summed E-state index contributed by atoms with van der Waals surface area (Å²) in [5.41, 5.74) is 0.654. The zero-order valence-corrected chi connectivity index (χ0v) is 15.8. The van der Waals surface area contributed by atoms with Gasteiger partial charge in [0.1, 0.15) is 5.82 Å². The van der Waals surface area contributed by atoms with Gasteiger partial charge in [-0.3, -0.25) is 9.59 Å². The topological polar surface area (TPSA) is 60.9 Å². The first kappa shape index (κ1) is 19.8. The summed E-state index contributed by atoms with van der Waals surface area (Å²) in [4.78, 5) is 28.4. The first-order chi connectivity index (χ1) is 13.0. The number of hydrogen-bond acceptors (Lipinski definition) is 3. The van der Waals surface area contributed by atoms with Crippen LogP contribution in [0.2, 0.25) is 0 Å². The van der Waals surface area contributed by atoms with Crippen molar-refractivity contribution in [3.05, 3.63) is 35.6 Å². The van der Waals surface area contributed by atoms with Crippen LogP contribution in [-0.2, 0) is 9.59 Å². The SMILES string of the molecule is O=C(O)[C@@H]1CN(C(=O)CCN2CCCCCCC2)C[C@H]1c1cccc(F)c1. The van der Waals surface area contributed by atoms with Gasteiger partial charge in [0.15, 0.2) is 0 Å². The number of nitrogens with zero attached hydrogens (tertiary/aromatic N) is 2. The smallest absolute Gasteiger partial charge is 0.308 e. The maximum absolute atomic E-state index is 13.6. The highest BCUT2D eigenvalue weighted by Gasteiger charge is 2.40. The van der Waals surface area contributed by atoms with Gasteiger partial charge in [0.25, 0.3) is 0 Å². The molecule has 1 aromatic rings. The van der Waals surface area contributed by atoms with Crippen molar-refractivity contribution in [2.45, 2.75) is 44.4 Å². The van der Waals surface area contributed by atoms with E-state index in [4.69, 9.17) is 0 Å². The van der Waals surface area contributed by atoms with E-state index in [2.05, 4.69) is 4.90 Å². The van der Waals surface area contributed by atoms with E-state index in [-0.39, 0.29) is 24.2 Å². The molecule has 1 amide bonds. The lowest BCUT2D eigenvalue weighted by molar-refractivity contribution is -0.141. The van der Waals surface area contributed by atoms with Crippen molar-refractivity contribution in [2.75, 3.05) is 32.7 Å². The summed E-state index contributed by atoms with van der Waals surface area (Å²) in [6.45, 7) is 3.36. The summed E-state index contributed by atoms with van der Waals surface area (Å²) >= 11 is 0. The lowest BCUT2D eigenvalue weighted by Gasteiger charge is -2.25. The fraction of sp³-hybridized carbons (Fsp3) is 0.619. The molecule has 2 aliphatic rings. The molecule has 27 heavy (non-hydrogen) atoms. The van der Waals surface area contributed by atoms with E-state index < -0.39 is 11.9 Å². The van der Waals surface area contributed by atoms with Crippen LogP contribution in [0.5, 0.6) is 0 Å². The number of carboxylic acid groups (broad SMARTS) is 1. The summed E-state index contributed by atoms with van der Waals surface area (Å²) in [6, 6.07) is 6.07. The van der Waals surface area contributed by atoms with E-state index in [9.17, 15) is 19.1 Å². The Balaban J connectivity index is 1.59. The van der Waals surface area contributed by atoms with Gasteiger partial charge in [0.2, 0.25) is 5.91 Å². The molecule has 2 fully saturated rings. The number of amides is 1. The summed E-state index contributed by atoms with van der Waals surface area (Å²) in [5, 5.41) is 9.57. The Morgan fingerprint density at radius 3 is 2.44 bits per heavy atom. The maximum Gasteiger partial charge on any atom is 0.308 e. The van der Waals surface area contributed by atoms with Gasteiger partial charge < -0.3 is 14.9 Å². The van der Waals surface area contributed by atoms with E-state index in [1.165, 1.54) is 44.2 Å². The zero-order valence-electron chi connectivity index (χ0n) is 15.8. The maximum atomic E-state index is 13.6. The van der Waals surface area contributed by atoms with E-state index in [0.29, 0.717) is 18.5 Å². The minimum Gasteiger partial charge on any atom is -0.481 e. The molecule has 0 spiro atoms. The van der Waals surface area contributed by atoms with Gasteiger partial charge in [-0.1, -0.05) is 31.4 Å². The number of likely N-dealkylation sites (tertiary alicyclic amines) is 2. The van der Waals surface area contributed by atoms with Crippen molar-refractivity contribution < 1.29 is 19.1 Å². The molecule has 148 valence electrons. The minimum atomic E-state index is -0.927. The van der Waals surface area contributed by atoms with Crippen molar-refractivity contribution in [3.8, 4) is 0 Å². The fourth-order valence-electron chi connectivity index (χ4n) is 4.28. The summed E-state index contributed by atoms with van der Waals surface area (Å²) in [5.74, 6) is -2.34. The molecule has 6 heteroatoms. The average Bonchev–Trinajstić information content (AvgIpc) is 3.06. The average molecular weight is 376 g/mol. The normalized spacial score (nSPS) is 24.4. The van der Waals surface area contributed by atoms with Crippen molar-refractivity contribution in [1.29, 1.82) is 0 Å². The standard InChI is InChI=1S/C21H29FN2O3/c22-17-8-6-7-16(13-17)18-14-24(15-19(18)21(26)27)20(25)9-12-23-10-4-2-1-3-5-11-23/h6-8,13,18-19H,1-5,9-12,14-15H2,(H,26,27)/t18-,19+/m0/s1. The molecule has 2 atom stereocenters. The van der Waals surface area contributed by atoms with Gasteiger partial charge >= 0.3 is 5.97 Å². The van der Waals surface area contributed by atoms with Crippen LogP contribution in [0, 0.1) is 11.7 Å². The van der Waals surface area contributed by atoms with E-state index in [1.807, 2.05) is 0 Å². The van der Waals surface area contributed by atoms with E-state index in [1.54, 1.807) is 17.0 Å². The molecule has 0 unspecified atom stereocenters.